The summed E-state index contributed by atoms with van der Waals surface area (Å²) < 4.78 is 5.36. The number of nitro groups is 1. The Hall–Kier alpha value is -4.11. The number of amides is 1. The number of carboxylic acid groups (broad SMARTS) is 1. The van der Waals surface area contributed by atoms with Crippen LogP contribution >= 0.6 is 11.6 Å². The Bertz CT molecular complexity index is 1250. The van der Waals surface area contributed by atoms with Gasteiger partial charge in [-0.25, -0.2) is 9.59 Å². The third kappa shape index (κ3) is 4.51. The molecule has 0 spiro atoms. The zero-order valence-electron chi connectivity index (χ0n) is 17.6. The number of carbonyl (C=O) groups excluding carboxylic acids is 1. The number of halogens is 1. The molecule has 1 unspecified atom stereocenters. The molecule has 0 radical (unpaired) electrons. The molecule has 3 aromatic carbocycles. The molecule has 0 aliphatic heterocycles. The quantitative estimate of drug-likeness (QED) is 0.333. The van der Waals surface area contributed by atoms with Crippen molar-refractivity contribution in [2.45, 2.75) is 18.4 Å². The van der Waals surface area contributed by atoms with E-state index in [1.165, 1.54) is 6.07 Å². The van der Waals surface area contributed by atoms with Gasteiger partial charge in [0.05, 0.1) is 4.92 Å². The summed E-state index contributed by atoms with van der Waals surface area (Å²) in [5, 5.41) is 33.0. The van der Waals surface area contributed by atoms with Gasteiger partial charge in [-0.15, -0.1) is 0 Å². The fraction of sp³-hybridized carbons (Fsp3) is 0.167. The number of nitro benzene ring substituents is 1. The van der Waals surface area contributed by atoms with Crippen molar-refractivity contribution in [1.82, 2.24) is 5.32 Å². The molecule has 0 aromatic heterocycles. The first kappa shape index (κ1) is 23.1. The van der Waals surface area contributed by atoms with Gasteiger partial charge in [-0.3, -0.25) is 10.1 Å². The molecule has 0 saturated carbocycles. The van der Waals surface area contributed by atoms with Gasteiger partial charge in [0.1, 0.15) is 12.6 Å². The van der Waals surface area contributed by atoms with Crippen molar-refractivity contribution in [2.75, 3.05) is 6.61 Å². The van der Waals surface area contributed by atoms with Crippen LogP contribution < -0.4 is 5.32 Å². The van der Waals surface area contributed by atoms with Crippen molar-refractivity contribution in [3.8, 4) is 16.9 Å². The lowest BCUT2D eigenvalue weighted by Gasteiger charge is -2.18. The molecule has 0 bridgehead atoms. The average Bonchev–Trinajstić information content (AvgIpc) is 3.13. The van der Waals surface area contributed by atoms with Crippen molar-refractivity contribution in [3.63, 3.8) is 0 Å². The van der Waals surface area contributed by atoms with Crippen molar-refractivity contribution in [2.24, 2.45) is 0 Å². The number of carboxylic acids is 1. The van der Waals surface area contributed by atoms with Gasteiger partial charge in [0.25, 0.3) is 0 Å². The number of ether oxygens (including phenoxy) is 1. The largest absolute Gasteiger partial charge is 0.502 e. The zero-order valence-corrected chi connectivity index (χ0v) is 18.4. The first-order chi connectivity index (χ1) is 16.3. The standard InChI is InChI=1S/C24H19ClN2O7/c25-14-9-13(22(28)21(11-14)27(32)33)10-20(23(29)30)26-24(31)34-12-19-17-7-3-1-5-15(17)16-6-2-4-8-18(16)19/h1-9,11,19-20,28H,10,12H2,(H,26,31)(H,29,30). The molecular formula is C24H19ClN2O7. The second kappa shape index (κ2) is 9.40. The molecule has 1 aliphatic carbocycles. The topological polar surface area (TPSA) is 139 Å². The van der Waals surface area contributed by atoms with Gasteiger partial charge in [0, 0.05) is 29.0 Å². The molecule has 1 atom stereocenters. The third-order valence-electron chi connectivity index (χ3n) is 5.69. The summed E-state index contributed by atoms with van der Waals surface area (Å²) in [6, 6.07) is 16.2. The first-order valence-corrected chi connectivity index (χ1v) is 10.6. The van der Waals surface area contributed by atoms with Crippen LogP contribution in [-0.4, -0.2) is 39.8 Å². The number of fused-ring (bicyclic) bond motifs is 3. The van der Waals surface area contributed by atoms with Gasteiger partial charge >= 0.3 is 17.7 Å². The number of aliphatic carboxylic acids is 1. The fourth-order valence-corrected chi connectivity index (χ4v) is 4.37. The van der Waals surface area contributed by atoms with E-state index in [-0.39, 0.29) is 23.1 Å². The van der Waals surface area contributed by atoms with E-state index in [4.69, 9.17) is 16.3 Å². The molecule has 174 valence electrons. The lowest BCUT2D eigenvalue weighted by atomic mass is 9.98. The maximum absolute atomic E-state index is 12.5. The van der Waals surface area contributed by atoms with Gasteiger partial charge < -0.3 is 20.3 Å². The van der Waals surface area contributed by atoms with Gasteiger partial charge in [-0.1, -0.05) is 60.1 Å². The van der Waals surface area contributed by atoms with Crippen molar-refractivity contribution < 1.29 is 29.5 Å². The predicted molar refractivity (Wildman–Crippen MR) is 123 cm³/mol. The minimum atomic E-state index is -1.51. The number of hydrogen-bond donors (Lipinski definition) is 3. The smallest absolute Gasteiger partial charge is 0.407 e. The maximum atomic E-state index is 12.5. The second-order valence-electron chi connectivity index (χ2n) is 7.75. The van der Waals surface area contributed by atoms with Crippen molar-refractivity contribution in [1.29, 1.82) is 0 Å². The van der Waals surface area contributed by atoms with Crippen LogP contribution in [-0.2, 0) is 16.0 Å². The Morgan fingerprint density at radius 1 is 1.09 bits per heavy atom. The lowest BCUT2D eigenvalue weighted by molar-refractivity contribution is -0.385. The number of benzene rings is 3. The molecule has 1 aliphatic rings. The average molecular weight is 483 g/mol. The summed E-state index contributed by atoms with van der Waals surface area (Å²) in [5.41, 5.74) is 3.35. The number of carbonyl (C=O) groups is 2. The molecule has 34 heavy (non-hydrogen) atoms. The highest BCUT2D eigenvalue weighted by atomic mass is 35.5. The van der Waals surface area contributed by atoms with E-state index >= 15 is 0 Å². The fourth-order valence-electron chi connectivity index (χ4n) is 4.14. The van der Waals surface area contributed by atoms with Crippen LogP contribution in [0, 0.1) is 10.1 Å². The highest BCUT2D eigenvalue weighted by Gasteiger charge is 2.30. The maximum Gasteiger partial charge on any atom is 0.407 e. The number of nitrogens with one attached hydrogen (secondary N) is 1. The molecular weight excluding hydrogens is 464 g/mol. The number of nitrogens with zero attached hydrogens (tertiary/aromatic N) is 1. The Balaban J connectivity index is 1.47. The Morgan fingerprint density at radius 3 is 2.24 bits per heavy atom. The van der Waals surface area contributed by atoms with E-state index in [1.54, 1.807) is 0 Å². The van der Waals surface area contributed by atoms with E-state index in [0.717, 1.165) is 28.3 Å². The molecule has 4 rings (SSSR count). The van der Waals surface area contributed by atoms with Gasteiger partial charge in [-0.05, 0) is 28.3 Å². The molecule has 9 nitrogen and oxygen atoms in total. The van der Waals surface area contributed by atoms with Gasteiger partial charge in [-0.2, -0.15) is 0 Å². The monoisotopic (exact) mass is 482 g/mol. The van der Waals surface area contributed by atoms with Crippen LogP contribution in [0.2, 0.25) is 5.02 Å². The van der Waals surface area contributed by atoms with E-state index < -0.39 is 40.9 Å². The van der Waals surface area contributed by atoms with E-state index in [9.17, 15) is 29.9 Å². The molecule has 1 amide bonds. The predicted octanol–water partition coefficient (Wildman–Crippen LogP) is 4.49. The highest BCUT2D eigenvalue weighted by molar-refractivity contribution is 6.31. The van der Waals surface area contributed by atoms with Crippen LogP contribution in [0.4, 0.5) is 10.5 Å². The van der Waals surface area contributed by atoms with E-state index in [2.05, 4.69) is 5.32 Å². The summed E-state index contributed by atoms with van der Waals surface area (Å²) in [6.45, 7) is -0.0138. The van der Waals surface area contributed by atoms with Gasteiger partial charge in [0.2, 0.25) is 0 Å². The van der Waals surface area contributed by atoms with Crippen LogP contribution in [0.25, 0.3) is 11.1 Å². The van der Waals surface area contributed by atoms with E-state index in [1.807, 2.05) is 48.5 Å². The Kier molecular flexibility index (Phi) is 6.38. The van der Waals surface area contributed by atoms with Gasteiger partial charge in [0.15, 0.2) is 5.75 Å². The van der Waals surface area contributed by atoms with Crippen LogP contribution in [0.3, 0.4) is 0 Å². The highest BCUT2D eigenvalue weighted by Crippen LogP contribution is 2.44. The third-order valence-corrected chi connectivity index (χ3v) is 5.91. The molecule has 0 heterocycles. The first-order valence-electron chi connectivity index (χ1n) is 10.3. The number of phenolic OH excluding ortho intramolecular Hbond substituents is 1. The van der Waals surface area contributed by atoms with Crippen molar-refractivity contribution >= 4 is 29.4 Å². The Labute approximate surface area is 198 Å². The minimum Gasteiger partial charge on any atom is -0.502 e. The number of aromatic hydroxyl groups is 1. The van der Waals surface area contributed by atoms with Crippen molar-refractivity contribution in [3.05, 3.63) is 92.5 Å². The molecule has 0 saturated heterocycles. The molecule has 3 aromatic rings. The number of alkyl carbamates (subject to hydrolysis) is 1. The van der Waals surface area contributed by atoms with Crippen LogP contribution in [0.1, 0.15) is 22.6 Å². The molecule has 10 heteroatoms. The normalized spacial score (nSPS) is 13.0. The SMILES string of the molecule is O=C(NC(Cc1cc(Cl)cc([N+](=O)[O-])c1O)C(=O)O)OCC1c2ccccc2-c2ccccc21. The lowest BCUT2D eigenvalue weighted by Crippen LogP contribution is -2.43. The number of hydrogen-bond acceptors (Lipinski definition) is 6. The summed E-state index contributed by atoms with van der Waals surface area (Å²) in [7, 11) is 0. The zero-order chi connectivity index (χ0) is 24.4. The summed E-state index contributed by atoms with van der Waals surface area (Å²) in [5.74, 6) is -2.33. The number of rotatable bonds is 7. The molecule has 0 fully saturated rings. The van der Waals surface area contributed by atoms with Crippen LogP contribution in [0.15, 0.2) is 60.7 Å². The molecule has 3 N–H and O–H groups in total. The van der Waals surface area contributed by atoms with Crippen LogP contribution in [0.5, 0.6) is 5.75 Å². The second-order valence-corrected chi connectivity index (χ2v) is 8.19. The summed E-state index contributed by atoms with van der Waals surface area (Å²) in [4.78, 5) is 34.4. The van der Waals surface area contributed by atoms with E-state index in [0.29, 0.717) is 0 Å². The summed E-state index contributed by atoms with van der Waals surface area (Å²) in [6.07, 6.45) is -1.41. The summed E-state index contributed by atoms with van der Waals surface area (Å²) >= 11 is 5.86. The Morgan fingerprint density at radius 2 is 1.68 bits per heavy atom. The number of phenols is 1. The minimum absolute atomic E-state index is 0.0138.